The zero-order valence-electron chi connectivity index (χ0n) is 10.4. The molecule has 0 bridgehead atoms. The van der Waals surface area contributed by atoms with Crippen molar-refractivity contribution in [3.63, 3.8) is 0 Å². The van der Waals surface area contributed by atoms with E-state index in [2.05, 4.69) is 5.32 Å². The molecular formula is C13H13BN2O3. The highest BCUT2D eigenvalue weighted by Gasteiger charge is 2.33. The van der Waals surface area contributed by atoms with Gasteiger partial charge >= 0.3 is 6.03 Å². The Balaban J connectivity index is 1.93. The molecule has 1 atom stereocenters. The van der Waals surface area contributed by atoms with E-state index in [0.717, 1.165) is 5.56 Å². The number of imide groups is 1. The maximum absolute atomic E-state index is 11.9. The summed E-state index contributed by atoms with van der Waals surface area (Å²) < 4.78 is 5.58. The van der Waals surface area contributed by atoms with Crippen LogP contribution in [0.25, 0.3) is 0 Å². The van der Waals surface area contributed by atoms with Crippen molar-refractivity contribution in [3.8, 4) is 5.75 Å². The normalized spacial score (nSPS) is 22.5. The molecule has 1 fully saturated rings. The third kappa shape index (κ3) is 2.07. The predicted octanol–water partition coefficient (Wildman–Crippen LogP) is 0.246. The summed E-state index contributed by atoms with van der Waals surface area (Å²) in [5.41, 5.74) is 1.49. The van der Waals surface area contributed by atoms with Gasteiger partial charge < -0.3 is 9.64 Å². The van der Waals surface area contributed by atoms with Crippen molar-refractivity contribution in [2.75, 3.05) is 13.2 Å². The lowest BCUT2D eigenvalue weighted by Gasteiger charge is -2.37. The smallest absolute Gasteiger partial charge is 0.324 e. The molecule has 0 spiro atoms. The number of para-hydroxylation sites is 1. The van der Waals surface area contributed by atoms with E-state index in [0.29, 0.717) is 37.2 Å². The van der Waals surface area contributed by atoms with Crippen molar-refractivity contribution in [1.82, 2.24) is 10.2 Å². The van der Waals surface area contributed by atoms with Crippen LogP contribution in [0.15, 0.2) is 18.2 Å². The van der Waals surface area contributed by atoms with Crippen LogP contribution in [-0.4, -0.2) is 37.8 Å². The molecule has 1 saturated heterocycles. The van der Waals surface area contributed by atoms with Crippen LogP contribution in [-0.2, 0) is 4.79 Å². The van der Waals surface area contributed by atoms with Gasteiger partial charge in [0.2, 0.25) is 5.91 Å². The second-order valence-electron chi connectivity index (χ2n) is 4.72. The van der Waals surface area contributed by atoms with Crippen LogP contribution in [0.4, 0.5) is 4.79 Å². The molecule has 6 heteroatoms. The minimum atomic E-state index is -0.337. The van der Waals surface area contributed by atoms with E-state index in [4.69, 9.17) is 12.6 Å². The van der Waals surface area contributed by atoms with E-state index in [1.54, 1.807) is 11.0 Å². The summed E-state index contributed by atoms with van der Waals surface area (Å²) in [7, 11) is 5.89. The molecule has 0 saturated carbocycles. The molecule has 1 aromatic rings. The van der Waals surface area contributed by atoms with Crippen molar-refractivity contribution in [1.29, 1.82) is 0 Å². The maximum atomic E-state index is 11.9. The second kappa shape index (κ2) is 4.61. The molecule has 2 aliphatic heterocycles. The van der Waals surface area contributed by atoms with Crippen molar-refractivity contribution in [3.05, 3.63) is 23.8 Å². The topological polar surface area (TPSA) is 58.6 Å². The fourth-order valence-corrected chi connectivity index (χ4v) is 2.63. The summed E-state index contributed by atoms with van der Waals surface area (Å²) >= 11 is 0. The molecule has 3 amide bonds. The second-order valence-corrected chi connectivity index (χ2v) is 4.72. The third-order valence-corrected chi connectivity index (χ3v) is 3.54. The van der Waals surface area contributed by atoms with Crippen molar-refractivity contribution in [2.45, 2.75) is 18.9 Å². The highest BCUT2D eigenvalue weighted by atomic mass is 16.5. The number of ether oxygens (including phenoxy) is 1. The molecule has 0 aromatic heterocycles. The molecule has 1 N–H and O–H groups in total. The summed E-state index contributed by atoms with van der Waals surface area (Å²) in [6.07, 6.45) is 1.04. The lowest BCUT2D eigenvalue weighted by atomic mass is 9.88. The Morgan fingerprint density at radius 2 is 2.21 bits per heavy atom. The van der Waals surface area contributed by atoms with Crippen molar-refractivity contribution in [2.24, 2.45) is 0 Å². The predicted molar refractivity (Wildman–Crippen MR) is 69.5 cm³/mol. The number of nitrogens with zero attached hydrogens (tertiary/aromatic N) is 1. The zero-order valence-corrected chi connectivity index (χ0v) is 10.4. The number of carbonyl (C=O) groups is 2. The molecule has 3 rings (SSSR count). The quantitative estimate of drug-likeness (QED) is 0.732. The standard InChI is InChI=1S/C13H13BN2O3/c14-9-3-1-2-8-10(5-7-19-12(8)9)16-6-4-11(17)15-13(16)18/h1-3,10H,4-7H2,(H,15,17,18). The van der Waals surface area contributed by atoms with Gasteiger partial charge in [-0.05, 0) is 0 Å². The molecule has 1 unspecified atom stereocenters. The van der Waals surface area contributed by atoms with E-state index in [9.17, 15) is 9.59 Å². The van der Waals surface area contributed by atoms with Gasteiger partial charge in [0.1, 0.15) is 13.6 Å². The molecule has 2 aliphatic rings. The number of urea groups is 1. The minimum Gasteiger partial charge on any atom is -0.494 e. The van der Waals surface area contributed by atoms with E-state index in [1.165, 1.54) is 0 Å². The van der Waals surface area contributed by atoms with Gasteiger partial charge in [-0.1, -0.05) is 23.7 Å². The third-order valence-electron chi connectivity index (χ3n) is 3.54. The average Bonchev–Trinajstić information content (AvgIpc) is 2.39. The average molecular weight is 256 g/mol. The Morgan fingerprint density at radius 3 is 3.00 bits per heavy atom. The first-order valence-electron chi connectivity index (χ1n) is 6.28. The Morgan fingerprint density at radius 1 is 1.37 bits per heavy atom. The number of carbonyl (C=O) groups excluding carboxylic acids is 2. The molecular weight excluding hydrogens is 243 g/mol. The monoisotopic (exact) mass is 256 g/mol. The number of hydrogen-bond donors (Lipinski definition) is 1. The first-order valence-corrected chi connectivity index (χ1v) is 6.28. The zero-order chi connectivity index (χ0) is 13.4. The van der Waals surface area contributed by atoms with Crippen LogP contribution in [0, 0.1) is 0 Å². The Kier molecular flexibility index (Phi) is 2.93. The van der Waals surface area contributed by atoms with Crippen molar-refractivity contribution < 1.29 is 14.3 Å². The van der Waals surface area contributed by atoms with Gasteiger partial charge in [0, 0.05) is 24.9 Å². The van der Waals surface area contributed by atoms with Crippen molar-refractivity contribution >= 4 is 25.2 Å². The van der Waals surface area contributed by atoms with E-state index < -0.39 is 0 Å². The molecule has 19 heavy (non-hydrogen) atoms. The highest BCUT2D eigenvalue weighted by molar-refractivity contribution is 6.34. The summed E-state index contributed by atoms with van der Waals surface area (Å²) in [5, 5.41) is 2.35. The maximum Gasteiger partial charge on any atom is 0.324 e. The summed E-state index contributed by atoms with van der Waals surface area (Å²) in [6.45, 7) is 0.952. The molecule has 2 radical (unpaired) electrons. The van der Waals surface area contributed by atoms with Gasteiger partial charge in [0.25, 0.3) is 0 Å². The lowest BCUT2D eigenvalue weighted by Crippen LogP contribution is -2.51. The number of fused-ring (bicyclic) bond motifs is 1. The van der Waals surface area contributed by atoms with Crippen LogP contribution in [0.2, 0.25) is 0 Å². The van der Waals surface area contributed by atoms with Gasteiger partial charge in [-0.2, -0.15) is 0 Å². The Bertz CT molecular complexity index is 547. The molecule has 0 aliphatic carbocycles. The van der Waals surface area contributed by atoms with E-state index in [-0.39, 0.29) is 18.0 Å². The highest BCUT2D eigenvalue weighted by Crippen LogP contribution is 2.35. The molecule has 1 aromatic carbocycles. The van der Waals surface area contributed by atoms with Gasteiger partial charge in [-0.25, -0.2) is 4.79 Å². The first kappa shape index (κ1) is 12.1. The molecule has 96 valence electrons. The summed E-state index contributed by atoms with van der Waals surface area (Å²) in [4.78, 5) is 24.8. The fourth-order valence-electron chi connectivity index (χ4n) is 2.63. The lowest BCUT2D eigenvalue weighted by molar-refractivity contribution is -0.121. The minimum absolute atomic E-state index is 0.0830. The Hall–Kier alpha value is -1.98. The fraction of sp³-hybridized carbons (Fsp3) is 0.385. The van der Waals surface area contributed by atoms with Gasteiger partial charge in [-0.15, -0.1) is 0 Å². The van der Waals surface area contributed by atoms with E-state index in [1.807, 2.05) is 12.1 Å². The van der Waals surface area contributed by atoms with Crippen LogP contribution in [0.1, 0.15) is 24.4 Å². The SMILES string of the molecule is [B]c1cccc2c1OCCC2N1CCC(=O)NC1=O. The number of hydrogen-bond acceptors (Lipinski definition) is 3. The van der Waals surface area contributed by atoms with E-state index >= 15 is 0 Å². The number of amides is 3. The van der Waals surface area contributed by atoms with Crippen LogP contribution < -0.4 is 15.5 Å². The number of rotatable bonds is 1. The summed E-state index contributed by atoms with van der Waals surface area (Å²) in [5.74, 6) is 0.435. The largest absolute Gasteiger partial charge is 0.494 e. The first-order chi connectivity index (χ1) is 9.16. The van der Waals surface area contributed by atoms with Crippen LogP contribution in [0.3, 0.4) is 0 Å². The Labute approximate surface area is 112 Å². The summed E-state index contributed by atoms with van der Waals surface area (Å²) in [6, 6.07) is 5.13. The van der Waals surface area contributed by atoms with Gasteiger partial charge in [0.15, 0.2) is 0 Å². The van der Waals surface area contributed by atoms with Gasteiger partial charge in [0.05, 0.1) is 12.6 Å². The number of nitrogens with one attached hydrogen (secondary N) is 1. The van der Waals surface area contributed by atoms with Gasteiger partial charge in [-0.3, -0.25) is 10.1 Å². The molecule has 2 heterocycles. The number of benzene rings is 1. The van der Waals surface area contributed by atoms with Crippen LogP contribution >= 0.6 is 0 Å². The van der Waals surface area contributed by atoms with Crippen LogP contribution in [0.5, 0.6) is 5.75 Å². The molecule has 5 nitrogen and oxygen atoms in total.